The van der Waals surface area contributed by atoms with Gasteiger partial charge in [0.25, 0.3) is 5.91 Å². The topological polar surface area (TPSA) is 55.6 Å². The second-order valence-corrected chi connectivity index (χ2v) is 6.01. The van der Waals surface area contributed by atoms with Crippen molar-refractivity contribution >= 4 is 5.91 Å². The fraction of sp³-hybridized carbons (Fsp3) is 0.533. The Morgan fingerprint density at radius 1 is 1.37 bits per heavy atom. The summed E-state index contributed by atoms with van der Waals surface area (Å²) in [4.78, 5) is 12.5. The van der Waals surface area contributed by atoms with Gasteiger partial charge >= 0.3 is 0 Å². The van der Waals surface area contributed by atoms with E-state index in [1.54, 1.807) is 0 Å². The van der Waals surface area contributed by atoms with Gasteiger partial charge in [0.1, 0.15) is 5.75 Å². The lowest BCUT2D eigenvalue weighted by molar-refractivity contribution is 0.0581. The summed E-state index contributed by atoms with van der Waals surface area (Å²) in [5.74, 6) is 6.69. The zero-order valence-electron chi connectivity index (χ0n) is 12.1. The van der Waals surface area contributed by atoms with E-state index in [-0.39, 0.29) is 5.91 Å². The molecule has 0 aromatic heterocycles. The second kappa shape index (κ2) is 4.85. The molecule has 0 unspecified atom stereocenters. The Morgan fingerprint density at radius 3 is 2.68 bits per heavy atom. The summed E-state index contributed by atoms with van der Waals surface area (Å²) >= 11 is 0. The molecule has 104 valence electrons. The minimum absolute atomic E-state index is 0.140. The van der Waals surface area contributed by atoms with E-state index in [1.165, 1.54) is 5.01 Å². The SMILES string of the molecule is Cc1c(C(=O)N(N)C(C)(C)C)ccc2c1CCCO2. The lowest BCUT2D eigenvalue weighted by Gasteiger charge is -2.32. The number of carbonyl (C=O) groups excluding carboxylic acids is 1. The van der Waals surface area contributed by atoms with E-state index in [0.717, 1.165) is 36.3 Å². The third-order valence-electron chi connectivity index (χ3n) is 3.56. The van der Waals surface area contributed by atoms with Crippen molar-refractivity contribution in [2.24, 2.45) is 5.84 Å². The first-order valence-corrected chi connectivity index (χ1v) is 6.67. The number of carbonyl (C=O) groups is 1. The van der Waals surface area contributed by atoms with Gasteiger partial charge < -0.3 is 4.74 Å². The minimum Gasteiger partial charge on any atom is -0.493 e. The van der Waals surface area contributed by atoms with Crippen LogP contribution in [0.5, 0.6) is 5.75 Å². The Morgan fingerprint density at radius 2 is 2.05 bits per heavy atom. The summed E-state index contributed by atoms with van der Waals surface area (Å²) in [7, 11) is 0. The van der Waals surface area contributed by atoms with E-state index in [9.17, 15) is 4.79 Å². The van der Waals surface area contributed by atoms with Gasteiger partial charge in [0.2, 0.25) is 0 Å². The Kier molecular flexibility index (Phi) is 3.54. The molecule has 1 aliphatic heterocycles. The van der Waals surface area contributed by atoms with Gasteiger partial charge in [0.05, 0.1) is 12.1 Å². The summed E-state index contributed by atoms with van der Waals surface area (Å²) in [6.45, 7) is 8.48. The first-order chi connectivity index (χ1) is 8.82. The fourth-order valence-electron chi connectivity index (χ4n) is 2.28. The molecule has 2 rings (SSSR count). The third kappa shape index (κ3) is 2.59. The highest BCUT2D eigenvalue weighted by molar-refractivity contribution is 5.96. The summed E-state index contributed by atoms with van der Waals surface area (Å²) in [6.07, 6.45) is 1.96. The van der Waals surface area contributed by atoms with Crippen molar-refractivity contribution in [3.05, 3.63) is 28.8 Å². The predicted molar refractivity (Wildman–Crippen MR) is 75.1 cm³/mol. The highest BCUT2D eigenvalue weighted by atomic mass is 16.5. The average Bonchev–Trinajstić information content (AvgIpc) is 2.37. The van der Waals surface area contributed by atoms with Crippen LogP contribution in [-0.2, 0) is 6.42 Å². The predicted octanol–water partition coefficient (Wildman–Crippen LogP) is 2.43. The van der Waals surface area contributed by atoms with Crippen molar-refractivity contribution in [2.45, 2.75) is 46.1 Å². The molecule has 0 aliphatic carbocycles. The number of nitrogens with zero attached hydrogens (tertiary/aromatic N) is 1. The number of hydrogen-bond acceptors (Lipinski definition) is 3. The van der Waals surface area contributed by atoms with Crippen molar-refractivity contribution in [1.82, 2.24) is 5.01 Å². The van der Waals surface area contributed by atoms with Crippen LogP contribution in [0.4, 0.5) is 0 Å². The third-order valence-corrected chi connectivity index (χ3v) is 3.56. The molecular formula is C15H22N2O2. The maximum Gasteiger partial charge on any atom is 0.268 e. The molecule has 2 N–H and O–H groups in total. The van der Waals surface area contributed by atoms with E-state index in [0.29, 0.717) is 5.56 Å². The van der Waals surface area contributed by atoms with Crippen LogP contribution in [0.2, 0.25) is 0 Å². The molecule has 1 aromatic carbocycles. The van der Waals surface area contributed by atoms with Crippen molar-refractivity contribution in [3.63, 3.8) is 0 Å². The van der Waals surface area contributed by atoms with E-state index < -0.39 is 5.54 Å². The second-order valence-electron chi connectivity index (χ2n) is 6.01. The van der Waals surface area contributed by atoms with E-state index in [1.807, 2.05) is 39.8 Å². The zero-order chi connectivity index (χ0) is 14.2. The maximum absolute atomic E-state index is 12.5. The molecule has 0 radical (unpaired) electrons. The molecule has 4 heteroatoms. The van der Waals surface area contributed by atoms with Crippen LogP contribution in [0, 0.1) is 6.92 Å². The van der Waals surface area contributed by atoms with Gasteiger partial charge in [-0.1, -0.05) is 0 Å². The fourth-order valence-corrected chi connectivity index (χ4v) is 2.28. The molecule has 0 fully saturated rings. The van der Waals surface area contributed by atoms with E-state index in [2.05, 4.69) is 0 Å². The van der Waals surface area contributed by atoms with Crippen LogP contribution >= 0.6 is 0 Å². The van der Waals surface area contributed by atoms with Crippen LogP contribution in [0.25, 0.3) is 0 Å². The molecule has 1 amide bonds. The number of hydrazine groups is 1. The molecule has 0 spiro atoms. The normalized spacial score (nSPS) is 14.6. The monoisotopic (exact) mass is 262 g/mol. The van der Waals surface area contributed by atoms with Crippen LogP contribution in [0.15, 0.2) is 12.1 Å². The average molecular weight is 262 g/mol. The van der Waals surface area contributed by atoms with Gasteiger partial charge in [-0.3, -0.25) is 9.80 Å². The molecular weight excluding hydrogens is 240 g/mol. The minimum atomic E-state index is -0.393. The molecule has 0 saturated heterocycles. The molecule has 1 heterocycles. The first kappa shape index (κ1) is 13.9. The van der Waals surface area contributed by atoms with Crippen LogP contribution in [-0.4, -0.2) is 23.1 Å². The van der Waals surface area contributed by atoms with E-state index >= 15 is 0 Å². The lowest BCUT2D eigenvalue weighted by atomic mass is 9.95. The quantitative estimate of drug-likeness (QED) is 0.480. The van der Waals surface area contributed by atoms with Gasteiger partial charge in [-0.25, -0.2) is 5.84 Å². The Labute approximate surface area is 114 Å². The summed E-state index contributed by atoms with van der Waals surface area (Å²) < 4.78 is 5.61. The summed E-state index contributed by atoms with van der Waals surface area (Å²) in [6, 6.07) is 3.69. The molecule has 0 atom stereocenters. The zero-order valence-corrected chi connectivity index (χ0v) is 12.1. The van der Waals surface area contributed by atoms with Crippen molar-refractivity contribution in [3.8, 4) is 5.75 Å². The number of hydrogen-bond donors (Lipinski definition) is 1. The molecule has 0 saturated carbocycles. The number of benzene rings is 1. The van der Waals surface area contributed by atoms with Crippen LogP contribution in [0.3, 0.4) is 0 Å². The number of fused-ring (bicyclic) bond motifs is 1. The summed E-state index contributed by atoms with van der Waals surface area (Å²) in [5, 5.41) is 1.30. The number of ether oxygens (including phenoxy) is 1. The Hall–Kier alpha value is -1.55. The highest BCUT2D eigenvalue weighted by Gasteiger charge is 2.27. The van der Waals surface area contributed by atoms with Gasteiger partial charge in [0.15, 0.2) is 0 Å². The molecule has 19 heavy (non-hydrogen) atoms. The van der Waals surface area contributed by atoms with Crippen LogP contribution < -0.4 is 10.6 Å². The molecule has 0 bridgehead atoms. The Balaban J connectivity index is 2.39. The van der Waals surface area contributed by atoms with Crippen molar-refractivity contribution in [1.29, 1.82) is 0 Å². The number of nitrogens with two attached hydrogens (primary N) is 1. The maximum atomic E-state index is 12.5. The van der Waals surface area contributed by atoms with E-state index in [4.69, 9.17) is 10.6 Å². The summed E-state index contributed by atoms with van der Waals surface area (Å²) in [5.41, 5.74) is 2.40. The first-order valence-electron chi connectivity index (χ1n) is 6.67. The standard InChI is InChI=1S/C15H22N2O2/c1-10-11-6-5-9-19-13(11)8-7-12(10)14(18)17(16)15(2,3)4/h7-8H,5-6,9,16H2,1-4H3. The van der Waals surface area contributed by atoms with Gasteiger partial charge in [-0.2, -0.15) is 0 Å². The smallest absolute Gasteiger partial charge is 0.268 e. The van der Waals surface area contributed by atoms with Gasteiger partial charge in [0, 0.05) is 5.56 Å². The Bertz CT molecular complexity index is 504. The van der Waals surface area contributed by atoms with Crippen molar-refractivity contribution in [2.75, 3.05) is 6.61 Å². The van der Waals surface area contributed by atoms with Gasteiger partial charge in [-0.05, 0) is 63.8 Å². The molecule has 4 nitrogen and oxygen atoms in total. The molecule has 1 aromatic rings. The highest BCUT2D eigenvalue weighted by Crippen LogP contribution is 2.30. The number of amides is 1. The van der Waals surface area contributed by atoms with Gasteiger partial charge in [-0.15, -0.1) is 0 Å². The number of rotatable bonds is 1. The van der Waals surface area contributed by atoms with Crippen molar-refractivity contribution < 1.29 is 9.53 Å². The molecule has 1 aliphatic rings. The van der Waals surface area contributed by atoms with Crippen LogP contribution in [0.1, 0.15) is 48.7 Å². The lowest BCUT2D eigenvalue weighted by Crippen LogP contribution is -2.50. The largest absolute Gasteiger partial charge is 0.493 e.